The monoisotopic (exact) mass is 270 g/mol. The summed E-state index contributed by atoms with van der Waals surface area (Å²) in [5, 5.41) is 5.55. The molecule has 0 N–H and O–H groups in total. The van der Waals surface area contributed by atoms with Crippen LogP contribution in [-0.2, 0) is 7.05 Å². The zero-order valence-corrected chi connectivity index (χ0v) is 11.7. The van der Waals surface area contributed by atoms with Gasteiger partial charge in [0.2, 0.25) is 0 Å². The van der Waals surface area contributed by atoms with Gasteiger partial charge in [0.15, 0.2) is 0 Å². The third-order valence-corrected chi connectivity index (χ3v) is 1.94. The Bertz CT molecular complexity index is 357. The highest BCUT2D eigenvalue weighted by atomic mass is 79.9. The maximum Gasteiger partial charge on any atom is 0.0681 e. The van der Waals surface area contributed by atoms with Crippen molar-refractivity contribution in [2.45, 2.75) is 20.8 Å². The zero-order chi connectivity index (χ0) is 11.8. The van der Waals surface area contributed by atoms with Crippen LogP contribution in [0.15, 0.2) is 24.3 Å². The molecule has 0 fully saturated rings. The van der Waals surface area contributed by atoms with Gasteiger partial charge < -0.3 is 0 Å². The minimum absolute atomic E-state index is 1.10. The van der Waals surface area contributed by atoms with Crippen LogP contribution >= 0.6 is 15.9 Å². The van der Waals surface area contributed by atoms with E-state index in [4.69, 9.17) is 0 Å². The molecule has 0 saturated carbocycles. The molecule has 2 rings (SSSR count). The van der Waals surface area contributed by atoms with Gasteiger partial charge in [-0.2, -0.15) is 5.10 Å². The van der Waals surface area contributed by atoms with Crippen molar-refractivity contribution in [1.82, 2.24) is 9.78 Å². The van der Waals surface area contributed by atoms with E-state index in [-0.39, 0.29) is 0 Å². The second-order valence-electron chi connectivity index (χ2n) is 2.73. The van der Waals surface area contributed by atoms with E-state index in [1.165, 1.54) is 10.9 Å². The van der Waals surface area contributed by atoms with E-state index in [1.807, 2.05) is 50.5 Å². The Balaban J connectivity index is 0.000000442. The predicted octanol–water partition coefficient (Wildman–Crippen LogP) is 3.92. The van der Waals surface area contributed by atoms with E-state index in [9.17, 15) is 0 Å². The first-order chi connectivity index (χ1) is 7.29. The van der Waals surface area contributed by atoms with Gasteiger partial charge in [0, 0.05) is 12.4 Å². The van der Waals surface area contributed by atoms with Crippen LogP contribution in [-0.4, -0.2) is 15.6 Å². The molecule has 1 aromatic heterocycles. The van der Waals surface area contributed by atoms with Crippen LogP contribution in [0.5, 0.6) is 0 Å². The van der Waals surface area contributed by atoms with Crippen molar-refractivity contribution in [3.05, 3.63) is 30.0 Å². The lowest BCUT2D eigenvalue weighted by molar-refractivity contribution is 0.783. The van der Waals surface area contributed by atoms with Gasteiger partial charge in [0.05, 0.1) is 11.2 Å². The molecule has 0 aliphatic heterocycles. The van der Waals surface area contributed by atoms with Crippen LogP contribution in [0.2, 0.25) is 0 Å². The van der Waals surface area contributed by atoms with Crippen LogP contribution in [0.3, 0.4) is 0 Å². The number of alkyl halides is 1. The summed E-state index contributed by atoms with van der Waals surface area (Å²) in [5.41, 5.74) is 2.30. The second kappa shape index (κ2) is 7.46. The fraction of sp³-hybridized carbons (Fsp3) is 0.417. The van der Waals surface area contributed by atoms with Crippen molar-refractivity contribution in [3.63, 3.8) is 0 Å². The molecule has 1 heterocycles. The standard InChI is InChI=1S/C9H10N2.C2H6.CH3Br/c1-7-8-5-3-4-6-9(8)11(2)10-7;2*1-2/h3-6H,1-2H3;1-2H3;1H3. The molecule has 2 nitrogen and oxygen atoms in total. The summed E-state index contributed by atoms with van der Waals surface area (Å²) in [5.74, 6) is 1.81. The number of hydrogen-bond acceptors (Lipinski definition) is 1. The summed E-state index contributed by atoms with van der Waals surface area (Å²) in [4.78, 5) is 0. The van der Waals surface area contributed by atoms with Crippen molar-refractivity contribution in [1.29, 1.82) is 0 Å². The lowest BCUT2D eigenvalue weighted by Crippen LogP contribution is -1.88. The van der Waals surface area contributed by atoms with Gasteiger partial charge in [0.1, 0.15) is 0 Å². The first kappa shape index (κ1) is 14.2. The van der Waals surface area contributed by atoms with E-state index in [1.54, 1.807) is 0 Å². The van der Waals surface area contributed by atoms with Gasteiger partial charge in [-0.25, -0.2) is 0 Å². The molecule has 0 saturated heterocycles. The Hall–Kier alpha value is -0.830. The number of para-hydroxylation sites is 1. The van der Waals surface area contributed by atoms with Crippen molar-refractivity contribution in [2.75, 3.05) is 5.83 Å². The average molecular weight is 271 g/mol. The highest BCUT2D eigenvalue weighted by molar-refractivity contribution is 9.08. The van der Waals surface area contributed by atoms with Gasteiger partial charge in [-0.1, -0.05) is 48.0 Å². The molecule has 0 atom stereocenters. The van der Waals surface area contributed by atoms with E-state index in [0.29, 0.717) is 0 Å². The highest BCUT2D eigenvalue weighted by Gasteiger charge is 2.00. The van der Waals surface area contributed by atoms with Gasteiger partial charge in [-0.05, 0) is 18.8 Å². The molecular weight excluding hydrogens is 252 g/mol. The average Bonchev–Trinajstić information content (AvgIpc) is 2.61. The van der Waals surface area contributed by atoms with Crippen LogP contribution in [0.25, 0.3) is 10.9 Å². The summed E-state index contributed by atoms with van der Waals surface area (Å²) < 4.78 is 1.91. The van der Waals surface area contributed by atoms with Crippen molar-refractivity contribution in [2.24, 2.45) is 7.05 Å². The fourth-order valence-corrected chi connectivity index (χ4v) is 1.39. The number of rotatable bonds is 0. The number of fused-ring (bicyclic) bond motifs is 1. The largest absolute Gasteiger partial charge is 0.268 e. The van der Waals surface area contributed by atoms with Crippen molar-refractivity contribution in [3.8, 4) is 0 Å². The van der Waals surface area contributed by atoms with Crippen LogP contribution in [0.1, 0.15) is 19.5 Å². The Morgan fingerprint density at radius 3 is 2.20 bits per heavy atom. The third kappa shape index (κ3) is 3.34. The highest BCUT2D eigenvalue weighted by Crippen LogP contribution is 2.15. The normalized spacial score (nSPS) is 8.67. The molecule has 2 aromatic rings. The number of benzene rings is 1. The molecule has 84 valence electrons. The van der Waals surface area contributed by atoms with E-state index < -0.39 is 0 Å². The predicted molar refractivity (Wildman–Crippen MR) is 71.7 cm³/mol. The number of aromatic nitrogens is 2. The Morgan fingerprint density at radius 2 is 1.67 bits per heavy atom. The van der Waals surface area contributed by atoms with E-state index in [2.05, 4.69) is 33.2 Å². The summed E-state index contributed by atoms with van der Waals surface area (Å²) >= 11 is 2.94. The van der Waals surface area contributed by atoms with Crippen LogP contribution in [0, 0.1) is 6.92 Å². The van der Waals surface area contributed by atoms with Crippen LogP contribution < -0.4 is 0 Å². The van der Waals surface area contributed by atoms with Crippen molar-refractivity contribution >= 4 is 26.8 Å². The van der Waals surface area contributed by atoms with Crippen LogP contribution in [0.4, 0.5) is 0 Å². The summed E-state index contributed by atoms with van der Waals surface area (Å²) in [6, 6.07) is 8.24. The molecule has 3 heteroatoms. The first-order valence-electron chi connectivity index (χ1n) is 5.05. The molecule has 1 aromatic carbocycles. The summed E-state index contributed by atoms with van der Waals surface area (Å²) in [6.45, 7) is 6.03. The maximum absolute atomic E-state index is 4.31. The van der Waals surface area contributed by atoms with Gasteiger partial charge in [0.25, 0.3) is 0 Å². The molecule has 0 spiro atoms. The zero-order valence-electron chi connectivity index (χ0n) is 10.1. The van der Waals surface area contributed by atoms with Crippen molar-refractivity contribution < 1.29 is 0 Å². The minimum Gasteiger partial charge on any atom is -0.268 e. The molecule has 0 aliphatic carbocycles. The van der Waals surface area contributed by atoms with Gasteiger partial charge >= 0.3 is 0 Å². The number of nitrogens with zero attached hydrogens (tertiary/aromatic N) is 2. The van der Waals surface area contributed by atoms with Gasteiger partial charge in [-0.15, -0.1) is 0 Å². The maximum atomic E-state index is 4.31. The lowest BCUT2D eigenvalue weighted by Gasteiger charge is -1.90. The van der Waals surface area contributed by atoms with E-state index in [0.717, 1.165) is 5.69 Å². The topological polar surface area (TPSA) is 17.8 Å². The molecular formula is C12H19BrN2. The SMILES string of the molecule is CBr.CC.Cc1nn(C)c2ccccc12. The quantitative estimate of drug-likeness (QED) is 0.664. The van der Waals surface area contributed by atoms with E-state index >= 15 is 0 Å². The molecule has 0 unspecified atom stereocenters. The molecule has 0 bridgehead atoms. The molecule has 15 heavy (non-hydrogen) atoms. The summed E-state index contributed by atoms with van der Waals surface area (Å²) in [6.07, 6.45) is 0. The first-order valence-corrected chi connectivity index (χ1v) is 6.64. The lowest BCUT2D eigenvalue weighted by atomic mass is 10.2. The number of halogens is 1. The molecule has 0 radical (unpaired) electrons. The third-order valence-electron chi connectivity index (χ3n) is 1.94. The Kier molecular flexibility index (Phi) is 7.05. The summed E-state index contributed by atoms with van der Waals surface area (Å²) in [7, 11) is 1.97. The minimum atomic E-state index is 1.10. The number of hydrogen-bond donors (Lipinski definition) is 0. The van der Waals surface area contributed by atoms with Gasteiger partial charge in [-0.3, -0.25) is 4.68 Å². The molecule has 0 aliphatic rings. The Morgan fingerprint density at radius 1 is 1.13 bits per heavy atom. The molecule has 0 amide bonds. The smallest absolute Gasteiger partial charge is 0.0681 e. The number of aryl methyl sites for hydroxylation is 2. The fourth-order valence-electron chi connectivity index (χ4n) is 1.39. The second-order valence-corrected chi connectivity index (χ2v) is 2.73. The Labute approximate surface area is 100 Å².